The molecule has 1 aliphatic carbocycles. The maximum Gasteiger partial charge on any atom is 0.0373 e. The fourth-order valence-corrected chi connectivity index (χ4v) is 2.03. The molecule has 3 N–H and O–H groups in total. The number of benzene rings is 1. The molecule has 0 amide bonds. The van der Waals surface area contributed by atoms with Gasteiger partial charge in [-0.25, -0.2) is 0 Å². The zero-order valence-electron chi connectivity index (χ0n) is 9.59. The summed E-state index contributed by atoms with van der Waals surface area (Å²) in [5.74, 6) is 0.974. The van der Waals surface area contributed by atoms with E-state index in [1.54, 1.807) is 0 Å². The summed E-state index contributed by atoms with van der Waals surface area (Å²) in [7, 11) is 0. The van der Waals surface area contributed by atoms with Gasteiger partial charge in [-0.05, 0) is 49.9 Å². The number of hydrogen-bond donors (Lipinski definition) is 2. The molecule has 2 rings (SSSR count). The molecule has 0 spiro atoms. The van der Waals surface area contributed by atoms with Crippen LogP contribution in [0.3, 0.4) is 0 Å². The summed E-state index contributed by atoms with van der Waals surface area (Å²) >= 11 is 0. The van der Waals surface area contributed by atoms with Crippen molar-refractivity contribution >= 4 is 11.4 Å². The van der Waals surface area contributed by atoms with E-state index in [1.807, 2.05) is 12.1 Å². The standard InChI is InChI=1S/C13H20N2/c1-9-7-12(14)5-6-13(9)15-10(2)8-11-3-4-11/h5-7,10-11,15H,3-4,8,14H2,1-2H3. The van der Waals surface area contributed by atoms with Crippen molar-refractivity contribution in [1.82, 2.24) is 0 Å². The van der Waals surface area contributed by atoms with E-state index in [0.29, 0.717) is 6.04 Å². The van der Waals surface area contributed by atoms with E-state index in [9.17, 15) is 0 Å². The lowest BCUT2D eigenvalue weighted by Gasteiger charge is -2.17. The molecular formula is C13H20N2. The lowest BCUT2D eigenvalue weighted by Crippen LogP contribution is -2.16. The minimum atomic E-state index is 0.569. The number of nitrogens with one attached hydrogen (secondary N) is 1. The molecule has 2 nitrogen and oxygen atoms in total. The van der Waals surface area contributed by atoms with E-state index in [1.165, 1.54) is 30.5 Å². The Hall–Kier alpha value is -1.18. The molecule has 1 unspecified atom stereocenters. The molecule has 1 saturated carbocycles. The van der Waals surface area contributed by atoms with Crippen molar-refractivity contribution in [2.24, 2.45) is 5.92 Å². The zero-order valence-corrected chi connectivity index (χ0v) is 9.59. The molecule has 0 aromatic heterocycles. The lowest BCUT2D eigenvalue weighted by molar-refractivity contribution is 0.642. The monoisotopic (exact) mass is 204 g/mol. The van der Waals surface area contributed by atoms with Crippen LogP contribution in [-0.4, -0.2) is 6.04 Å². The van der Waals surface area contributed by atoms with Crippen LogP contribution in [0.5, 0.6) is 0 Å². The quantitative estimate of drug-likeness (QED) is 0.739. The molecule has 1 fully saturated rings. The van der Waals surface area contributed by atoms with Crippen LogP contribution in [0.15, 0.2) is 18.2 Å². The molecule has 82 valence electrons. The van der Waals surface area contributed by atoms with Gasteiger partial charge in [-0.15, -0.1) is 0 Å². The molecule has 0 radical (unpaired) electrons. The molecular weight excluding hydrogens is 184 g/mol. The first-order valence-corrected chi connectivity index (χ1v) is 5.78. The van der Waals surface area contributed by atoms with Crippen molar-refractivity contribution < 1.29 is 0 Å². The van der Waals surface area contributed by atoms with E-state index in [0.717, 1.165) is 11.6 Å². The summed E-state index contributed by atoms with van der Waals surface area (Å²) in [6, 6.07) is 6.62. The second kappa shape index (κ2) is 4.13. The third-order valence-corrected chi connectivity index (χ3v) is 3.04. The molecule has 0 heterocycles. The molecule has 1 aliphatic rings. The van der Waals surface area contributed by atoms with Gasteiger partial charge in [-0.1, -0.05) is 12.8 Å². The topological polar surface area (TPSA) is 38.0 Å². The van der Waals surface area contributed by atoms with Gasteiger partial charge < -0.3 is 11.1 Å². The second-order valence-corrected chi connectivity index (χ2v) is 4.80. The van der Waals surface area contributed by atoms with Crippen molar-refractivity contribution in [2.45, 2.75) is 39.2 Å². The molecule has 2 heteroatoms. The number of anilines is 2. The van der Waals surface area contributed by atoms with Crippen molar-refractivity contribution in [1.29, 1.82) is 0 Å². The SMILES string of the molecule is Cc1cc(N)ccc1NC(C)CC1CC1. The average Bonchev–Trinajstić information content (AvgIpc) is 2.94. The highest BCUT2D eigenvalue weighted by molar-refractivity contribution is 5.57. The minimum Gasteiger partial charge on any atom is -0.399 e. The van der Waals surface area contributed by atoms with Crippen LogP contribution in [0.25, 0.3) is 0 Å². The lowest BCUT2D eigenvalue weighted by atomic mass is 10.1. The Morgan fingerprint density at radius 1 is 1.47 bits per heavy atom. The predicted octanol–water partition coefficient (Wildman–Crippen LogP) is 3.18. The predicted molar refractivity (Wildman–Crippen MR) is 66.0 cm³/mol. The molecule has 15 heavy (non-hydrogen) atoms. The summed E-state index contributed by atoms with van der Waals surface area (Å²) in [6.45, 7) is 4.36. The summed E-state index contributed by atoms with van der Waals surface area (Å²) < 4.78 is 0. The minimum absolute atomic E-state index is 0.569. The number of rotatable bonds is 4. The molecule has 1 aromatic carbocycles. The highest BCUT2D eigenvalue weighted by Crippen LogP contribution is 2.34. The highest BCUT2D eigenvalue weighted by Gasteiger charge is 2.23. The molecule has 0 bridgehead atoms. The highest BCUT2D eigenvalue weighted by atomic mass is 14.9. The molecule has 0 aliphatic heterocycles. The largest absolute Gasteiger partial charge is 0.399 e. The maximum absolute atomic E-state index is 5.72. The first-order chi connectivity index (χ1) is 7.15. The average molecular weight is 204 g/mol. The Bertz CT molecular complexity index is 342. The Balaban J connectivity index is 1.96. The normalized spacial score (nSPS) is 17.5. The van der Waals surface area contributed by atoms with Crippen LogP contribution in [0.4, 0.5) is 11.4 Å². The summed E-state index contributed by atoms with van der Waals surface area (Å²) in [4.78, 5) is 0. The number of hydrogen-bond acceptors (Lipinski definition) is 2. The van der Waals surface area contributed by atoms with Gasteiger partial charge in [-0.2, -0.15) is 0 Å². The number of nitrogen functional groups attached to an aromatic ring is 1. The first kappa shape index (κ1) is 10.3. The van der Waals surface area contributed by atoms with Crippen LogP contribution in [0, 0.1) is 12.8 Å². The Morgan fingerprint density at radius 3 is 2.80 bits per heavy atom. The van der Waals surface area contributed by atoms with Gasteiger partial charge in [0.25, 0.3) is 0 Å². The van der Waals surface area contributed by atoms with Crippen LogP contribution in [0.2, 0.25) is 0 Å². The van der Waals surface area contributed by atoms with E-state index < -0.39 is 0 Å². The van der Waals surface area contributed by atoms with Gasteiger partial charge >= 0.3 is 0 Å². The maximum atomic E-state index is 5.72. The smallest absolute Gasteiger partial charge is 0.0373 e. The Kier molecular flexibility index (Phi) is 2.85. The van der Waals surface area contributed by atoms with E-state index in [-0.39, 0.29) is 0 Å². The fraction of sp³-hybridized carbons (Fsp3) is 0.538. The zero-order chi connectivity index (χ0) is 10.8. The summed E-state index contributed by atoms with van der Waals surface area (Å²) in [5, 5.41) is 3.55. The van der Waals surface area contributed by atoms with Gasteiger partial charge in [0, 0.05) is 17.4 Å². The van der Waals surface area contributed by atoms with Crippen LogP contribution >= 0.6 is 0 Å². The Morgan fingerprint density at radius 2 is 2.20 bits per heavy atom. The number of nitrogens with two attached hydrogens (primary N) is 1. The fourth-order valence-electron chi connectivity index (χ4n) is 2.03. The third kappa shape index (κ3) is 2.88. The van der Waals surface area contributed by atoms with Crippen LogP contribution < -0.4 is 11.1 Å². The summed E-state index contributed by atoms with van der Waals surface area (Å²) in [5.41, 5.74) is 9.02. The van der Waals surface area contributed by atoms with Gasteiger partial charge in [0.05, 0.1) is 0 Å². The summed E-state index contributed by atoms with van der Waals surface area (Å²) in [6.07, 6.45) is 4.14. The van der Waals surface area contributed by atoms with Gasteiger partial charge in [0.15, 0.2) is 0 Å². The first-order valence-electron chi connectivity index (χ1n) is 5.78. The van der Waals surface area contributed by atoms with E-state index in [2.05, 4.69) is 25.2 Å². The number of aryl methyl sites for hydroxylation is 1. The third-order valence-electron chi connectivity index (χ3n) is 3.04. The Labute approximate surface area is 91.9 Å². The van der Waals surface area contributed by atoms with Crippen molar-refractivity contribution in [2.75, 3.05) is 11.1 Å². The van der Waals surface area contributed by atoms with E-state index in [4.69, 9.17) is 5.73 Å². The second-order valence-electron chi connectivity index (χ2n) is 4.80. The van der Waals surface area contributed by atoms with Gasteiger partial charge in [0.1, 0.15) is 0 Å². The van der Waals surface area contributed by atoms with Crippen LogP contribution in [0.1, 0.15) is 31.7 Å². The van der Waals surface area contributed by atoms with Gasteiger partial charge in [0.2, 0.25) is 0 Å². The van der Waals surface area contributed by atoms with Crippen molar-refractivity contribution in [3.8, 4) is 0 Å². The van der Waals surface area contributed by atoms with Crippen molar-refractivity contribution in [3.05, 3.63) is 23.8 Å². The van der Waals surface area contributed by atoms with Crippen molar-refractivity contribution in [3.63, 3.8) is 0 Å². The van der Waals surface area contributed by atoms with E-state index >= 15 is 0 Å². The van der Waals surface area contributed by atoms with Crippen LogP contribution in [-0.2, 0) is 0 Å². The van der Waals surface area contributed by atoms with Gasteiger partial charge in [-0.3, -0.25) is 0 Å². The molecule has 1 atom stereocenters. The molecule has 1 aromatic rings. The molecule has 0 saturated heterocycles.